The van der Waals surface area contributed by atoms with Crippen LogP contribution < -0.4 is 0 Å². The molecule has 0 aliphatic rings. The summed E-state index contributed by atoms with van der Waals surface area (Å²) in [7, 11) is 1.78. The van der Waals surface area contributed by atoms with Gasteiger partial charge in [0, 0.05) is 17.9 Å². The number of alkyl halides is 1. The second-order valence-electron chi connectivity index (χ2n) is 3.59. The Morgan fingerprint density at radius 3 is 2.79 bits per heavy atom. The number of halogens is 1. The van der Waals surface area contributed by atoms with Gasteiger partial charge in [0.05, 0.1) is 6.20 Å². The first-order valence-corrected chi connectivity index (χ1v) is 6.00. The van der Waals surface area contributed by atoms with Gasteiger partial charge in [-0.05, 0) is 25.4 Å². The van der Waals surface area contributed by atoms with Gasteiger partial charge in [0.15, 0.2) is 0 Å². The van der Waals surface area contributed by atoms with E-state index in [0.717, 1.165) is 16.9 Å². The topological polar surface area (TPSA) is 46.1 Å². The van der Waals surface area contributed by atoms with Crippen LogP contribution in [-0.4, -0.2) is 38.3 Å². The molecule has 14 heavy (non-hydrogen) atoms. The standard InChI is InChI=1S/C8H12BrN3OS/c1-8(2,5-9)12(3)7(13)6-4-10-11-14-6/h4H,5H2,1-3H3. The van der Waals surface area contributed by atoms with Crippen LogP contribution in [0, 0.1) is 0 Å². The van der Waals surface area contributed by atoms with Gasteiger partial charge in [-0.1, -0.05) is 20.4 Å². The molecule has 0 unspecified atom stereocenters. The van der Waals surface area contributed by atoms with Crippen molar-refractivity contribution in [3.63, 3.8) is 0 Å². The van der Waals surface area contributed by atoms with Gasteiger partial charge >= 0.3 is 0 Å². The van der Waals surface area contributed by atoms with Crippen LogP contribution in [0.1, 0.15) is 23.5 Å². The maximum atomic E-state index is 11.8. The minimum atomic E-state index is -0.207. The van der Waals surface area contributed by atoms with Gasteiger partial charge in [-0.15, -0.1) is 5.10 Å². The summed E-state index contributed by atoms with van der Waals surface area (Å²) >= 11 is 4.50. The summed E-state index contributed by atoms with van der Waals surface area (Å²) in [6.45, 7) is 3.99. The first kappa shape index (κ1) is 11.6. The highest BCUT2D eigenvalue weighted by atomic mass is 79.9. The third kappa shape index (κ3) is 2.30. The Morgan fingerprint density at radius 1 is 1.71 bits per heavy atom. The van der Waals surface area contributed by atoms with E-state index in [4.69, 9.17) is 0 Å². The third-order valence-electron chi connectivity index (χ3n) is 2.11. The van der Waals surface area contributed by atoms with Gasteiger partial charge in [0.2, 0.25) is 0 Å². The van der Waals surface area contributed by atoms with Gasteiger partial charge in [-0.25, -0.2) is 0 Å². The first-order valence-electron chi connectivity index (χ1n) is 4.10. The van der Waals surface area contributed by atoms with Crippen molar-refractivity contribution in [2.75, 3.05) is 12.4 Å². The fourth-order valence-corrected chi connectivity index (χ4v) is 1.66. The molecular formula is C8H12BrN3OS. The van der Waals surface area contributed by atoms with Crippen LogP contribution in [0.15, 0.2) is 6.20 Å². The number of hydrogen-bond donors (Lipinski definition) is 0. The first-order chi connectivity index (χ1) is 6.49. The van der Waals surface area contributed by atoms with Crippen molar-refractivity contribution in [3.8, 4) is 0 Å². The molecular weight excluding hydrogens is 266 g/mol. The number of hydrogen-bond acceptors (Lipinski definition) is 4. The van der Waals surface area contributed by atoms with Crippen LogP contribution in [0.4, 0.5) is 0 Å². The van der Waals surface area contributed by atoms with Gasteiger partial charge in [0.25, 0.3) is 5.91 Å². The number of carbonyl (C=O) groups excluding carboxylic acids is 1. The molecule has 0 aliphatic heterocycles. The lowest BCUT2D eigenvalue weighted by atomic mass is 10.1. The average molecular weight is 278 g/mol. The van der Waals surface area contributed by atoms with Crippen LogP contribution in [-0.2, 0) is 0 Å². The highest BCUT2D eigenvalue weighted by Gasteiger charge is 2.28. The van der Waals surface area contributed by atoms with E-state index >= 15 is 0 Å². The smallest absolute Gasteiger partial charge is 0.267 e. The molecule has 0 fully saturated rings. The molecule has 0 atom stereocenters. The van der Waals surface area contributed by atoms with Crippen molar-refractivity contribution < 1.29 is 4.79 Å². The normalized spacial score (nSPS) is 11.4. The lowest BCUT2D eigenvalue weighted by molar-refractivity contribution is 0.0668. The fourth-order valence-electron chi connectivity index (χ4n) is 0.791. The van der Waals surface area contributed by atoms with Crippen molar-refractivity contribution >= 4 is 33.4 Å². The van der Waals surface area contributed by atoms with Gasteiger partial charge in [0.1, 0.15) is 4.88 Å². The zero-order valence-corrected chi connectivity index (χ0v) is 10.7. The molecule has 0 bridgehead atoms. The Labute approximate surface area is 95.6 Å². The number of nitrogens with zero attached hydrogens (tertiary/aromatic N) is 3. The maximum absolute atomic E-state index is 11.8. The molecule has 0 aromatic carbocycles. The zero-order valence-electron chi connectivity index (χ0n) is 8.32. The molecule has 4 nitrogen and oxygen atoms in total. The minimum absolute atomic E-state index is 0.0375. The van der Waals surface area contributed by atoms with Crippen LogP contribution in [0.3, 0.4) is 0 Å². The van der Waals surface area contributed by atoms with E-state index in [1.807, 2.05) is 13.8 Å². The zero-order chi connectivity index (χ0) is 10.8. The Bertz CT molecular complexity index is 312. The molecule has 1 aromatic rings. The minimum Gasteiger partial charge on any atom is -0.335 e. The molecule has 0 spiro atoms. The largest absolute Gasteiger partial charge is 0.335 e. The molecule has 0 aliphatic carbocycles. The summed E-state index contributed by atoms with van der Waals surface area (Å²) in [5.41, 5.74) is -0.207. The van der Waals surface area contributed by atoms with Crippen molar-refractivity contribution in [2.24, 2.45) is 0 Å². The average Bonchev–Trinajstić information content (AvgIpc) is 2.68. The second kappa shape index (κ2) is 4.35. The van der Waals surface area contributed by atoms with E-state index < -0.39 is 0 Å². The predicted octanol–water partition coefficient (Wildman–Crippen LogP) is 1.78. The molecule has 6 heteroatoms. The number of amides is 1. The third-order valence-corrected chi connectivity index (χ3v) is 4.14. The summed E-state index contributed by atoms with van der Waals surface area (Å²) in [6.07, 6.45) is 1.49. The Hall–Kier alpha value is -0.490. The van der Waals surface area contributed by atoms with Crippen molar-refractivity contribution in [2.45, 2.75) is 19.4 Å². The molecule has 1 aromatic heterocycles. The Balaban J connectivity index is 2.81. The van der Waals surface area contributed by atoms with Crippen LogP contribution in [0.5, 0.6) is 0 Å². The van der Waals surface area contributed by atoms with Crippen molar-refractivity contribution in [1.82, 2.24) is 14.5 Å². The molecule has 1 heterocycles. The van der Waals surface area contributed by atoms with E-state index in [2.05, 4.69) is 25.5 Å². The molecule has 1 amide bonds. The molecule has 0 saturated carbocycles. The van der Waals surface area contributed by atoms with Gasteiger partial charge < -0.3 is 4.90 Å². The Kier molecular flexibility index (Phi) is 3.60. The summed E-state index contributed by atoms with van der Waals surface area (Å²) in [5.74, 6) is -0.0375. The SMILES string of the molecule is CN(C(=O)c1cnns1)C(C)(C)CBr. The van der Waals surface area contributed by atoms with Crippen LogP contribution in [0.25, 0.3) is 0 Å². The second-order valence-corrected chi connectivity index (χ2v) is 4.94. The van der Waals surface area contributed by atoms with Gasteiger partial charge in [-0.3, -0.25) is 4.79 Å². The highest BCUT2D eigenvalue weighted by molar-refractivity contribution is 9.09. The van der Waals surface area contributed by atoms with Crippen molar-refractivity contribution in [3.05, 3.63) is 11.1 Å². The number of rotatable bonds is 3. The van der Waals surface area contributed by atoms with Gasteiger partial charge in [-0.2, -0.15) is 0 Å². The van der Waals surface area contributed by atoms with E-state index in [-0.39, 0.29) is 11.4 Å². The molecule has 0 radical (unpaired) electrons. The lowest BCUT2D eigenvalue weighted by Gasteiger charge is -2.33. The Morgan fingerprint density at radius 2 is 2.36 bits per heavy atom. The fraction of sp³-hybridized carbons (Fsp3) is 0.625. The van der Waals surface area contributed by atoms with E-state index in [0.29, 0.717) is 4.88 Å². The maximum Gasteiger partial charge on any atom is 0.267 e. The highest BCUT2D eigenvalue weighted by Crippen LogP contribution is 2.18. The summed E-state index contributed by atoms with van der Waals surface area (Å²) in [5, 5.41) is 4.37. The monoisotopic (exact) mass is 277 g/mol. The predicted molar refractivity (Wildman–Crippen MR) is 59.9 cm³/mol. The van der Waals surface area contributed by atoms with Crippen molar-refractivity contribution in [1.29, 1.82) is 0 Å². The molecule has 1 rings (SSSR count). The van der Waals surface area contributed by atoms with E-state index in [1.54, 1.807) is 11.9 Å². The summed E-state index contributed by atoms with van der Waals surface area (Å²) in [4.78, 5) is 14.1. The number of aromatic nitrogens is 2. The molecule has 0 N–H and O–H groups in total. The molecule has 78 valence electrons. The number of carbonyl (C=O) groups is 1. The van der Waals surface area contributed by atoms with E-state index in [1.165, 1.54) is 6.20 Å². The van der Waals surface area contributed by atoms with Crippen LogP contribution in [0.2, 0.25) is 0 Å². The van der Waals surface area contributed by atoms with Crippen LogP contribution >= 0.6 is 27.5 Å². The molecule has 0 saturated heterocycles. The van der Waals surface area contributed by atoms with E-state index in [9.17, 15) is 4.79 Å². The summed E-state index contributed by atoms with van der Waals surface area (Å²) < 4.78 is 3.67. The quantitative estimate of drug-likeness (QED) is 0.792. The summed E-state index contributed by atoms with van der Waals surface area (Å²) in [6, 6.07) is 0. The lowest BCUT2D eigenvalue weighted by Crippen LogP contribution is -2.46.